The Balaban J connectivity index is 2.24. The fourth-order valence-corrected chi connectivity index (χ4v) is 4.45. The zero-order valence-electron chi connectivity index (χ0n) is 13.7. The van der Waals surface area contributed by atoms with E-state index in [1.807, 2.05) is 60.9 Å². The van der Waals surface area contributed by atoms with Crippen LogP contribution in [0.15, 0.2) is 59.5 Å². The van der Waals surface area contributed by atoms with Crippen LogP contribution in [0.1, 0.15) is 10.4 Å². The van der Waals surface area contributed by atoms with E-state index in [2.05, 4.69) is 0 Å². The van der Waals surface area contributed by atoms with Gasteiger partial charge < -0.3 is 10.2 Å². The molecule has 0 aliphatic carbocycles. The Hall–Kier alpha value is -2.08. The number of thiophene rings is 1. The molecular formula is C20H18O3S2. The monoisotopic (exact) mass is 370 g/mol. The van der Waals surface area contributed by atoms with E-state index in [0.29, 0.717) is 10.4 Å². The molecule has 0 saturated carbocycles. The maximum absolute atomic E-state index is 11.4. The highest BCUT2D eigenvalue weighted by atomic mass is 32.2. The van der Waals surface area contributed by atoms with E-state index < -0.39 is 5.97 Å². The van der Waals surface area contributed by atoms with Crippen LogP contribution in [0.3, 0.4) is 0 Å². The molecule has 2 aromatic carbocycles. The quantitative estimate of drug-likeness (QED) is 0.605. The highest BCUT2D eigenvalue weighted by molar-refractivity contribution is 7.98. The minimum Gasteiger partial charge on any atom is -0.481 e. The number of carboxylic acids is 1. The molecular weight excluding hydrogens is 352 g/mol. The number of rotatable bonds is 6. The molecule has 0 unspecified atom stereocenters. The van der Waals surface area contributed by atoms with Crippen molar-refractivity contribution in [2.24, 2.45) is 0 Å². The summed E-state index contributed by atoms with van der Waals surface area (Å²) < 4.78 is 0. The summed E-state index contributed by atoms with van der Waals surface area (Å²) >= 11 is 3.13. The van der Waals surface area contributed by atoms with Crippen LogP contribution in [-0.4, -0.2) is 22.4 Å². The van der Waals surface area contributed by atoms with Crippen LogP contribution in [0.2, 0.25) is 0 Å². The first-order chi connectivity index (χ1) is 12.1. The predicted molar refractivity (Wildman–Crippen MR) is 104 cm³/mol. The van der Waals surface area contributed by atoms with E-state index in [1.54, 1.807) is 11.8 Å². The number of benzene rings is 2. The molecule has 0 saturated heterocycles. The zero-order valence-corrected chi connectivity index (χ0v) is 15.4. The molecule has 5 heteroatoms. The maximum Gasteiger partial charge on any atom is 0.307 e. The van der Waals surface area contributed by atoms with Crippen molar-refractivity contribution in [3.05, 3.63) is 65.0 Å². The Morgan fingerprint density at radius 1 is 1.04 bits per heavy atom. The zero-order chi connectivity index (χ0) is 17.8. The van der Waals surface area contributed by atoms with E-state index in [9.17, 15) is 15.0 Å². The van der Waals surface area contributed by atoms with Gasteiger partial charge in [-0.25, -0.2) is 0 Å². The average molecular weight is 370 g/mol. The lowest BCUT2D eigenvalue weighted by Crippen LogP contribution is -2.03. The third kappa shape index (κ3) is 3.79. The molecule has 0 bridgehead atoms. The van der Waals surface area contributed by atoms with Crippen molar-refractivity contribution in [2.75, 3.05) is 6.26 Å². The average Bonchev–Trinajstić information content (AvgIpc) is 3.00. The summed E-state index contributed by atoms with van der Waals surface area (Å²) in [4.78, 5) is 14.3. The molecule has 3 aromatic rings. The van der Waals surface area contributed by atoms with Gasteiger partial charge in [-0.3, -0.25) is 4.79 Å². The number of aliphatic hydroxyl groups excluding tert-OH is 1. The summed E-state index contributed by atoms with van der Waals surface area (Å²) in [5, 5.41) is 19.1. The highest BCUT2D eigenvalue weighted by Crippen LogP contribution is 2.43. The summed E-state index contributed by atoms with van der Waals surface area (Å²) in [6, 6.07) is 18.0. The predicted octanol–water partition coefficient (Wildman–Crippen LogP) is 4.92. The molecule has 3 rings (SSSR count). The molecule has 0 amide bonds. The van der Waals surface area contributed by atoms with Crippen LogP contribution in [0.4, 0.5) is 0 Å². The maximum atomic E-state index is 11.4. The smallest absolute Gasteiger partial charge is 0.307 e. The van der Waals surface area contributed by atoms with Gasteiger partial charge in [0.25, 0.3) is 0 Å². The van der Waals surface area contributed by atoms with E-state index in [4.69, 9.17) is 0 Å². The van der Waals surface area contributed by atoms with Crippen LogP contribution < -0.4 is 0 Å². The van der Waals surface area contributed by atoms with Gasteiger partial charge in [0, 0.05) is 20.2 Å². The van der Waals surface area contributed by atoms with Gasteiger partial charge in [-0.1, -0.05) is 42.5 Å². The lowest BCUT2D eigenvalue weighted by molar-refractivity contribution is -0.136. The second-order valence-corrected chi connectivity index (χ2v) is 7.52. The van der Waals surface area contributed by atoms with Gasteiger partial charge >= 0.3 is 5.97 Å². The number of thioether (sulfide) groups is 1. The molecule has 0 fully saturated rings. The van der Waals surface area contributed by atoms with Crippen LogP contribution >= 0.6 is 23.1 Å². The Kier molecular flexibility index (Phi) is 5.58. The molecule has 2 N–H and O–H groups in total. The largest absolute Gasteiger partial charge is 0.481 e. The SMILES string of the molecule is CSc1ccc(-c2c(-c3ccccc3)sc(CO)c2CC(=O)O)cc1. The first-order valence-corrected chi connectivity index (χ1v) is 9.85. The molecule has 0 spiro atoms. The molecule has 1 aromatic heterocycles. The van der Waals surface area contributed by atoms with Crippen molar-refractivity contribution in [1.82, 2.24) is 0 Å². The Morgan fingerprint density at radius 3 is 2.28 bits per heavy atom. The number of carbonyl (C=O) groups is 1. The number of aliphatic hydroxyl groups is 1. The van der Waals surface area contributed by atoms with Crippen LogP contribution in [0.5, 0.6) is 0 Å². The first kappa shape index (κ1) is 17.7. The van der Waals surface area contributed by atoms with Crippen molar-refractivity contribution in [1.29, 1.82) is 0 Å². The third-order valence-corrected chi connectivity index (χ3v) is 5.99. The van der Waals surface area contributed by atoms with Crippen LogP contribution in [0, 0.1) is 0 Å². The first-order valence-electron chi connectivity index (χ1n) is 7.81. The minimum atomic E-state index is -0.894. The molecule has 3 nitrogen and oxygen atoms in total. The van der Waals surface area contributed by atoms with Gasteiger partial charge in [-0.05, 0) is 35.1 Å². The van der Waals surface area contributed by atoms with Crippen molar-refractivity contribution >= 4 is 29.1 Å². The highest BCUT2D eigenvalue weighted by Gasteiger charge is 2.22. The second kappa shape index (κ2) is 7.87. The fourth-order valence-electron chi connectivity index (χ4n) is 2.83. The topological polar surface area (TPSA) is 57.5 Å². The normalized spacial score (nSPS) is 10.8. The third-order valence-electron chi connectivity index (χ3n) is 3.98. The number of aliphatic carboxylic acids is 1. The molecule has 0 radical (unpaired) electrons. The van der Waals surface area contributed by atoms with E-state index in [0.717, 1.165) is 26.5 Å². The molecule has 128 valence electrons. The molecule has 0 aliphatic heterocycles. The molecule has 0 aliphatic rings. The van der Waals surface area contributed by atoms with Crippen LogP contribution in [0.25, 0.3) is 21.6 Å². The Labute approximate surface area is 155 Å². The van der Waals surface area contributed by atoms with Crippen molar-refractivity contribution in [3.8, 4) is 21.6 Å². The standard InChI is InChI=1S/C20H18O3S2/c1-24-15-9-7-13(8-10-15)19-16(11-18(22)23)17(12-21)25-20(19)14-5-3-2-4-6-14/h2-10,21H,11-12H2,1H3,(H,22,23). The van der Waals surface area contributed by atoms with Gasteiger partial charge in [0.2, 0.25) is 0 Å². The second-order valence-electron chi connectivity index (χ2n) is 5.53. The number of hydrogen-bond acceptors (Lipinski definition) is 4. The van der Waals surface area contributed by atoms with Gasteiger partial charge in [0.15, 0.2) is 0 Å². The Morgan fingerprint density at radius 2 is 1.72 bits per heavy atom. The fraction of sp³-hybridized carbons (Fsp3) is 0.150. The van der Waals surface area contributed by atoms with Crippen molar-refractivity contribution < 1.29 is 15.0 Å². The van der Waals surface area contributed by atoms with Crippen LogP contribution in [-0.2, 0) is 17.8 Å². The summed E-state index contributed by atoms with van der Waals surface area (Å²) in [6.07, 6.45) is 1.92. The van der Waals surface area contributed by atoms with Gasteiger partial charge in [-0.15, -0.1) is 23.1 Å². The minimum absolute atomic E-state index is 0.0984. The lowest BCUT2D eigenvalue weighted by atomic mass is 9.95. The van der Waals surface area contributed by atoms with E-state index in [1.165, 1.54) is 11.3 Å². The van der Waals surface area contributed by atoms with Gasteiger partial charge in [0.1, 0.15) is 0 Å². The number of carboxylic acid groups (broad SMARTS) is 1. The van der Waals surface area contributed by atoms with E-state index in [-0.39, 0.29) is 13.0 Å². The van der Waals surface area contributed by atoms with Gasteiger partial charge in [0.05, 0.1) is 13.0 Å². The summed E-state index contributed by atoms with van der Waals surface area (Å²) in [6.45, 7) is -0.157. The van der Waals surface area contributed by atoms with Crippen molar-refractivity contribution in [2.45, 2.75) is 17.9 Å². The molecule has 1 heterocycles. The summed E-state index contributed by atoms with van der Waals surface area (Å²) in [5.41, 5.74) is 3.62. The molecule has 0 atom stereocenters. The van der Waals surface area contributed by atoms with Crippen molar-refractivity contribution in [3.63, 3.8) is 0 Å². The molecule has 25 heavy (non-hydrogen) atoms. The Bertz CT molecular complexity index is 868. The summed E-state index contributed by atoms with van der Waals surface area (Å²) in [5.74, 6) is -0.894. The lowest BCUT2D eigenvalue weighted by Gasteiger charge is -2.09. The van der Waals surface area contributed by atoms with E-state index >= 15 is 0 Å². The summed E-state index contributed by atoms with van der Waals surface area (Å²) in [7, 11) is 0. The number of hydrogen-bond donors (Lipinski definition) is 2. The van der Waals surface area contributed by atoms with Gasteiger partial charge in [-0.2, -0.15) is 0 Å².